The minimum atomic E-state index is -0.810. The van der Waals surface area contributed by atoms with Gasteiger partial charge in [0.2, 0.25) is 5.91 Å². The van der Waals surface area contributed by atoms with Gasteiger partial charge in [0.1, 0.15) is 11.9 Å². The van der Waals surface area contributed by atoms with Gasteiger partial charge in [-0.15, -0.1) is 0 Å². The van der Waals surface area contributed by atoms with Gasteiger partial charge in [-0.25, -0.2) is 4.39 Å². The van der Waals surface area contributed by atoms with Gasteiger partial charge in [0, 0.05) is 16.3 Å². The van der Waals surface area contributed by atoms with Gasteiger partial charge in [0.05, 0.1) is 0 Å². The fourth-order valence-electron chi connectivity index (χ4n) is 1.74. The summed E-state index contributed by atoms with van der Waals surface area (Å²) in [4.78, 5) is 11.5. The van der Waals surface area contributed by atoms with E-state index in [1.54, 1.807) is 12.1 Å². The Balaban J connectivity index is 2.33. The number of rotatable bonds is 4. The molecule has 1 atom stereocenters. The molecular weight excluding hydrogens is 267 g/mol. The maximum Gasteiger partial charge on any atom is 0.244 e. The quantitative estimate of drug-likeness (QED) is 0.903. The van der Waals surface area contributed by atoms with Crippen LogP contribution in [0, 0.1) is 5.82 Å². The smallest absolute Gasteiger partial charge is 0.244 e. The molecule has 3 nitrogen and oxygen atoms in total. The third-order valence-electron chi connectivity index (χ3n) is 2.64. The highest BCUT2D eigenvalue weighted by Crippen LogP contribution is 2.26. The van der Waals surface area contributed by atoms with Crippen LogP contribution in [0.3, 0.4) is 0 Å². The van der Waals surface area contributed by atoms with Crippen LogP contribution in [0.1, 0.15) is 11.6 Å². The summed E-state index contributed by atoms with van der Waals surface area (Å²) in [6.07, 6.45) is 0. The number of carbonyl (C=O) groups excluding carboxylic acids is 1. The predicted octanol–water partition coefficient (Wildman–Crippen LogP) is 3.12. The Morgan fingerprint density at radius 1 is 1.21 bits per heavy atom. The lowest BCUT2D eigenvalue weighted by molar-refractivity contribution is -0.118. The van der Waals surface area contributed by atoms with Crippen LogP contribution >= 0.6 is 11.6 Å². The second-order valence-corrected chi connectivity index (χ2v) is 4.42. The Hall–Kier alpha value is -2.07. The summed E-state index contributed by atoms with van der Waals surface area (Å²) >= 11 is 5.95. The molecular formula is C14H12ClFN2O. The molecule has 0 saturated carbocycles. The maximum absolute atomic E-state index is 13.0. The van der Waals surface area contributed by atoms with Gasteiger partial charge < -0.3 is 11.1 Å². The van der Waals surface area contributed by atoms with Crippen LogP contribution in [0.2, 0.25) is 5.02 Å². The summed E-state index contributed by atoms with van der Waals surface area (Å²) in [5, 5.41) is 3.13. The molecule has 1 amide bonds. The van der Waals surface area contributed by atoms with Gasteiger partial charge >= 0.3 is 0 Å². The summed E-state index contributed by atoms with van der Waals surface area (Å²) in [6.45, 7) is 0. The Labute approximate surface area is 115 Å². The van der Waals surface area contributed by atoms with Crippen molar-refractivity contribution in [3.05, 3.63) is 64.9 Å². The van der Waals surface area contributed by atoms with Crippen LogP contribution in [0.4, 0.5) is 10.1 Å². The van der Waals surface area contributed by atoms with Crippen LogP contribution in [-0.4, -0.2) is 5.91 Å². The third kappa shape index (κ3) is 3.23. The van der Waals surface area contributed by atoms with Crippen molar-refractivity contribution in [3.63, 3.8) is 0 Å². The van der Waals surface area contributed by atoms with Crippen molar-refractivity contribution in [2.45, 2.75) is 6.04 Å². The summed E-state index contributed by atoms with van der Waals surface area (Å²) in [5.74, 6) is -1.05. The van der Waals surface area contributed by atoms with Crippen LogP contribution < -0.4 is 11.1 Å². The van der Waals surface area contributed by atoms with E-state index in [9.17, 15) is 9.18 Å². The van der Waals surface area contributed by atoms with Crippen LogP contribution in [-0.2, 0) is 4.79 Å². The molecule has 2 aromatic rings. The lowest BCUT2D eigenvalue weighted by atomic mass is 10.1. The van der Waals surface area contributed by atoms with Gasteiger partial charge in [-0.2, -0.15) is 0 Å². The summed E-state index contributed by atoms with van der Waals surface area (Å²) < 4.78 is 13.0. The zero-order valence-electron chi connectivity index (χ0n) is 9.94. The Bertz CT molecular complexity index is 589. The number of carbonyl (C=O) groups is 1. The number of primary amides is 1. The molecule has 0 saturated heterocycles. The van der Waals surface area contributed by atoms with Crippen molar-refractivity contribution < 1.29 is 9.18 Å². The Morgan fingerprint density at radius 3 is 2.47 bits per heavy atom. The van der Waals surface area contributed by atoms with E-state index in [0.717, 1.165) is 11.8 Å². The highest BCUT2D eigenvalue weighted by molar-refractivity contribution is 6.31. The van der Waals surface area contributed by atoms with Gasteiger partial charge in [-0.1, -0.05) is 35.9 Å². The Kier molecular flexibility index (Phi) is 4.02. The summed E-state index contributed by atoms with van der Waals surface area (Å²) in [7, 11) is 0. The molecule has 0 bridgehead atoms. The largest absolute Gasteiger partial charge is 0.370 e. The van der Waals surface area contributed by atoms with Crippen molar-refractivity contribution in [2.75, 3.05) is 5.32 Å². The molecule has 98 valence electrons. The fraction of sp³-hybridized carbons (Fsp3) is 0.0714. The van der Waals surface area contributed by atoms with E-state index < -0.39 is 17.8 Å². The molecule has 0 aliphatic rings. The molecule has 19 heavy (non-hydrogen) atoms. The van der Waals surface area contributed by atoms with Crippen molar-refractivity contribution in [1.82, 2.24) is 0 Å². The topological polar surface area (TPSA) is 55.1 Å². The van der Waals surface area contributed by atoms with Crippen molar-refractivity contribution in [2.24, 2.45) is 5.73 Å². The first kappa shape index (κ1) is 13.4. The monoisotopic (exact) mass is 278 g/mol. The lowest BCUT2D eigenvalue weighted by Crippen LogP contribution is -2.28. The fourth-order valence-corrected chi connectivity index (χ4v) is 2.02. The molecule has 2 aromatic carbocycles. The van der Waals surface area contributed by atoms with Gasteiger partial charge in [-0.05, 0) is 24.3 Å². The Morgan fingerprint density at radius 2 is 1.89 bits per heavy atom. The number of para-hydroxylation sites is 1. The van der Waals surface area contributed by atoms with E-state index in [0.29, 0.717) is 5.56 Å². The summed E-state index contributed by atoms with van der Waals surface area (Å²) in [6, 6.07) is 12.1. The lowest BCUT2D eigenvalue weighted by Gasteiger charge is -2.18. The zero-order chi connectivity index (χ0) is 13.8. The molecule has 0 aromatic heterocycles. The summed E-state index contributed by atoms with van der Waals surface area (Å²) in [5.41, 5.74) is 6.54. The number of halogens is 2. The second-order valence-electron chi connectivity index (χ2n) is 4.01. The number of amides is 1. The molecule has 5 heteroatoms. The normalized spacial score (nSPS) is 11.9. The van der Waals surface area contributed by atoms with E-state index in [-0.39, 0.29) is 5.02 Å². The highest BCUT2D eigenvalue weighted by Gasteiger charge is 2.20. The maximum atomic E-state index is 13.0. The van der Waals surface area contributed by atoms with Crippen LogP contribution in [0.25, 0.3) is 0 Å². The second kappa shape index (κ2) is 5.71. The number of nitrogens with two attached hydrogens (primary N) is 1. The molecule has 0 spiro atoms. The SMILES string of the molecule is NC(=O)C(Nc1ccccc1)c1ccc(F)cc1Cl. The van der Waals surface area contributed by atoms with Gasteiger partial charge in [0.25, 0.3) is 0 Å². The van der Waals surface area contributed by atoms with E-state index in [1.807, 2.05) is 18.2 Å². The standard InChI is InChI=1S/C14H12ClFN2O/c15-12-8-9(16)6-7-11(12)13(14(17)19)18-10-4-2-1-3-5-10/h1-8,13,18H,(H2,17,19). The number of hydrogen-bond donors (Lipinski definition) is 2. The van der Waals surface area contributed by atoms with Crippen molar-refractivity contribution in [3.8, 4) is 0 Å². The average molecular weight is 279 g/mol. The molecule has 1 unspecified atom stereocenters. The molecule has 3 N–H and O–H groups in total. The van der Waals surface area contributed by atoms with Crippen LogP contribution in [0.5, 0.6) is 0 Å². The highest BCUT2D eigenvalue weighted by atomic mass is 35.5. The number of nitrogens with one attached hydrogen (secondary N) is 1. The van der Waals surface area contributed by atoms with E-state index in [4.69, 9.17) is 17.3 Å². The number of benzene rings is 2. The molecule has 0 heterocycles. The number of anilines is 1. The minimum absolute atomic E-state index is 0.159. The molecule has 2 rings (SSSR count). The predicted molar refractivity (Wildman–Crippen MR) is 73.4 cm³/mol. The van der Waals surface area contributed by atoms with Gasteiger partial charge in [0.15, 0.2) is 0 Å². The first-order valence-corrected chi connectivity index (χ1v) is 6.01. The molecule has 0 fully saturated rings. The first-order valence-electron chi connectivity index (χ1n) is 5.64. The third-order valence-corrected chi connectivity index (χ3v) is 2.97. The number of hydrogen-bond acceptors (Lipinski definition) is 2. The molecule has 0 aliphatic heterocycles. The zero-order valence-corrected chi connectivity index (χ0v) is 10.7. The van der Waals surface area contributed by atoms with Crippen LogP contribution in [0.15, 0.2) is 48.5 Å². The average Bonchev–Trinajstić information content (AvgIpc) is 2.38. The van der Waals surface area contributed by atoms with E-state index in [2.05, 4.69) is 5.32 Å². The minimum Gasteiger partial charge on any atom is -0.370 e. The first-order chi connectivity index (χ1) is 9.08. The van der Waals surface area contributed by atoms with Crippen molar-refractivity contribution in [1.29, 1.82) is 0 Å². The van der Waals surface area contributed by atoms with E-state index in [1.165, 1.54) is 12.1 Å². The van der Waals surface area contributed by atoms with Gasteiger partial charge in [-0.3, -0.25) is 4.79 Å². The van der Waals surface area contributed by atoms with E-state index >= 15 is 0 Å². The molecule has 0 radical (unpaired) electrons. The van der Waals surface area contributed by atoms with Crippen molar-refractivity contribution >= 4 is 23.2 Å². The molecule has 0 aliphatic carbocycles.